The SMILES string of the molecule is CC(C)(C)[Si](C)(C)OCCCn1cncc1C(O)c1ccc(C#N)c(-c2cccc3ccccc23)c1. The van der Waals surface area contributed by atoms with E-state index in [-0.39, 0.29) is 5.04 Å². The van der Waals surface area contributed by atoms with E-state index in [0.29, 0.717) is 18.7 Å². The average Bonchev–Trinajstić information content (AvgIpc) is 3.33. The fraction of sp³-hybridized carbons (Fsp3) is 0.333. The van der Waals surface area contributed by atoms with Crippen LogP contribution in [0.3, 0.4) is 0 Å². The maximum absolute atomic E-state index is 11.3. The minimum absolute atomic E-state index is 0.181. The number of rotatable bonds is 8. The van der Waals surface area contributed by atoms with Crippen molar-refractivity contribution in [1.82, 2.24) is 9.55 Å². The monoisotopic (exact) mass is 497 g/mol. The summed E-state index contributed by atoms with van der Waals surface area (Å²) in [6.45, 7) is 12.7. The molecule has 4 rings (SSSR count). The number of nitrogens with zero attached hydrogens (tertiary/aromatic N) is 3. The Hall–Kier alpha value is -3.24. The Morgan fingerprint density at radius 1 is 1.06 bits per heavy atom. The van der Waals surface area contributed by atoms with Gasteiger partial charge in [-0.2, -0.15) is 5.26 Å². The Kier molecular flexibility index (Phi) is 7.46. The average molecular weight is 498 g/mol. The molecule has 186 valence electrons. The van der Waals surface area contributed by atoms with E-state index in [9.17, 15) is 10.4 Å². The zero-order valence-corrected chi connectivity index (χ0v) is 22.8. The van der Waals surface area contributed by atoms with Gasteiger partial charge in [-0.15, -0.1) is 0 Å². The third-order valence-corrected chi connectivity index (χ3v) is 11.9. The van der Waals surface area contributed by atoms with Crippen LogP contribution in [0.15, 0.2) is 73.2 Å². The molecule has 0 saturated carbocycles. The van der Waals surface area contributed by atoms with Gasteiger partial charge in [-0.25, -0.2) is 4.98 Å². The Labute approximate surface area is 215 Å². The summed E-state index contributed by atoms with van der Waals surface area (Å²) in [5.74, 6) is 0. The van der Waals surface area contributed by atoms with Gasteiger partial charge in [0.25, 0.3) is 0 Å². The molecule has 0 aliphatic rings. The van der Waals surface area contributed by atoms with E-state index in [2.05, 4.69) is 63.1 Å². The molecule has 1 unspecified atom stereocenters. The smallest absolute Gasteiger partial charge is 0.191 e. The second-order valence-corrected chi connectivity index (χ2v) is 15.6. The molecule has 0 saturated heterocycles. The van der Waals surface area contributed by atoms with Crippen LogP contribution in [0.25, 0.3) is 21.9 Å². The highest BCUT2D eigenvalue weighted by Gasteiger charge is 2.36. The second-order valence-electron chi connectivity index (χ2n) is 10.8. The van der Waals surface area contributed by atoms with Crippen molar-refractivity contribution >= 4 is 19.1 Å². The number of aromatic nitrogens is 2. The molecule has 36 heavy (non-hydrogen) atoms. The molecule has 0 aliphatic heterocycles. The number of aliphatic hydroxyl groups is 1. The molecule has 1 N–H and O–H groups in total. The van der Waals surface area contributed by atoms with E-state index in [1.165, 1.54) is 0 Å². The minimum atomic E-state index is -1.78. The van der Waals surface area contributed by atoms with Gasteiger partial charge < -0.3 is 14.1 Å². The van der Waals surface area contributed by atoms with Crippen molar-refractivity contribution in [2.45, 2.75) is 58.0 Å². The van der Waals surface area contributed by atoms with Crippen molar-refractivity contribution < 1.29 is 9.53 Å². The van der Waals surface area contributed by atoms with Gasteiger partial charge >= 0.3 is 0 Å². The highest BCUT2D eigenvalue weighted by Crippen LogP contribution is 2.37. The molecule has 5 nitrogen and oxygen atoms in total. The number of fused-ring (bicyclic) bond motifs is 1. The van der Waals surface area contributed by atoms with Gasteiger partial charge in [0.2, 0.25) is 0 Å². The van der Waals surface area contributed by atoms with Crippen LogP contribution in [0.1, 0.15) is 50.1 Å². The van der Waals surface area contributed by atoms with Crippen LogP contribution >= 0.6 is 0 Å². The first kappa shape index (κ1) is 25.8. The standard InChI is InChI=1S/C30H35N3O2Si/c1-30(2,3)36(4,5)35-17-9-16-33-21-32-20-28(33)29(34)23-14-15-24(19-31)27(18-23)26-13-8-11-22-10-6-7-12-25(22)26/h6-8,10-15,18,20-21,29,34H,9,16-17H2,1-5H3. The van der Waals surface area contributed by atoms with E-state index in [4.69, 9.17) is 4.43 Å². The molecule has 1 aromatic heterocycles. The molecule has 0 spiro atoms. The summed E-state index contributed by atoms with van der Waals surface area (Å²) in [5.41, 5.74) is 3.85. The molecule has 0 amide bonds. The highest BCUT2D eigenvalue weighted by atomic mass is 28.4. The number of nitriles is 1. The van der Waals surface area contributed by atoms with E-state index < -0.39 is 14.4 Å². The van der Waals surface area contributed by atoms with Gasteiger partial charge in [-0.05, 0) is 58.6 Å². The molecular formula is C30H35N3O2Si. The summed E-state index contributed by atoms with van der Waals surface area (Å²) < 4.78 is 8.31. The molecule has 0 bridgehead atoms. The van der Waals surface area contributed by atoms with Crippen LogP contribution in [0.2, 0.25) is 18.1 Å². The molecule has 0 radical (unpaired) electrons. The van der Waals surface area contributed by atoms with E-state index in [1.54, 1.807) is 18.6 Å². The van der Waals surface area contributed by atoms with Gasteiger partial charge in [0.05, 0.1) is 29.9 Å². The summed E-state index contributed by atoms with van der Waals surface area (Å²) in [6.07, 6.45) is 3.47. The fourth-order valence-electron chi connectivity index (χ4n) is 4.21. The lowest BCUT2D eigenvalue weighted by Crippen LogP contribution is -2.41. The second kappa shape index (κ2) is 10.4. The molecule has 0 aliphatic carbocycles. The highest BCUT2D eigenvalue weighted by molar-refractivity contribution is 6.74. The molecule has 0 fully saturated rings. The van der Waals surface area contributed by atoms with Crippen LogP contribution in [0, 0.1) is 11.3 Å². The van der Waals surface area contributed by atoms with Gasteiger partial charge in [-0.1, -0.05) is 69.3 Å². The quantitative estimate of drug-likeness (QED) is 0.209. The lowest BCUT2D eigenvalue weighted by Gasteiger charge is -2.36. The minimum Gasteiger partial charge on any atom is -0.417 e. The first-order valence-electron chi connectivity index (χ1n) is 12.5. The van der Waals surface area contributed by atoms with Crippen LogP contribution in [-0.4, -0.2) is 29.6 Å². The van der Waals surface area contributed by atoms with Gasteiger partial charge in [0.15, 0.2) is 8.32 Å². The summed E-state index contributed by atoms with van der Waals surface area (Å²) in [4.78, 5) is 4.31. The summed E-state index contributed by atoms with van der Waals surface area (Å²) >= 11 is 0. The zero-order chi connectivity index (χ0) is 25.9. The maximum Gasteiger partial charge on any atom is 0.191 e. The number of imidazole rings is 1. The lowest BCUT2D eigenvalue weighted by atomic mass is 9.92. The van der Waals surface area contributed by atoms with Crippen LogP contribution in [0.5, 0.6) is 0 Å². The van der Waals surface area contributed by atoms with Crippen molar-refractivity contribution in [2.24, 2.45) is 0 Å². The zero-order valence-electron chi connectivity index (χ0n) is 21.8. The third-order valence-electron chi connectivity index (χ3n) is 7.40. The Morgan fingerprint density at radius 3 is 2.56 bits per heavy atom. The van der Waals surface area contributed by atoms with E-state index in [0.717, 1.165) is 39.6 Å². The molecular weight excluding hydrogens is 462 g/mol. The summed E-state index contributed by atoms with van der Waals surface area (Å²) in [5, 5.41) is 23.5. The third kappa shape index (κ3) is 5.29. The number of hydrogen-bond acceptors (Lipinski definition) is 4. The predicted molar refractivity (Wildman–Crippen MR) is 148 cm³/mol. The van der Waals surface area contributed by atoms with E-state index in [1.807, 2.05) is 41.0 Å². The summed E-state index contributed by atoms with van der Waals surface area (Å²) in [6, 6.07) is 22.1. The molecule has 1 atom stereocenters. The lowest BCUT2D eigenvalue weighted by molar-refractivity contribution is 0.207. The Balaban J connectivity index is 1.57. The molecule has 6 heteroatoms. The van der Waals surface area contributed by atoms with Crippen molar-refractivity contribution in [3.05, 3.63) is 90.0 Å². The number of hydrogen-bond donors (Lipinski definition) is 1. The molecule has 3 aromatic carbocycles. The maximum atomic E-state index is 11.3. The first-order chi connectivity index (χ1) is 17.1. The van der Waals surface area contributed by atoms with Crippen LogP contribution < -0.4 is 0 Å². The molecule has 4 aromatic rings. The van der Waals surface area contributed by atoms with Crippen LogP contribution in [-0.2, 0) is 11.0 Å². The number of aryl methyl sites for hydroxylation is 1. The first-order valence-corrected chi connectivity index (χ1v) is 15.4. The topological polar surface area (TPSA) is 71.1 Å². The number of benzene rings is 3. The Morgan fingerprint density at radius 2 is 1.81 bits per heavy atom. The fourth-order valence-corrected chi connectivity index (χ4v) is 5.30. The van der Waals surface area contributed by atoms with Crippen molar-refractivity contribution in [2.75, 3.05) is 6.61 Å². The van der Waals surface area contributed by atoms with Gasteiger partial charge in [0.1, 0.15) is 6.10 Å². The van der Waals surface area contributed by atoms with Crippen LogP contribution in [0.4, 0.5) is 0 Å². The predicted octanol–water partition coefficient (Wildman–Crippen LogP) is 7.07. The van der Waals surface area contributed by atoms with Gasteiger partial charge in [-0.3, -0.25) is 0 Å². The largest absolute Gasteiger partial charge is 0.417 e. The summed E-state index contributed by atoms with van der Waals surface area (Å²) in [7, 11) is -1.78. The number of aliphatic hydroxyl groups excluding tert-OH is 1. The van der Waals surface area contributed by atoms with Crippen molar-refractivity contribution in [3.63, 3.8) is 0 Å². The van der Waals surface area contributed by atoms with E-state index >= 15 is 0 Å². The van der Waals surface area contributed by atoms with Crippen molar-refractivity contribution in [3.8, 4) is 17.2 Å². The normalized spacial score (nSPS) is 13.0. The molecule has 1 heterocycles. The Bertz CT molecular complexity index is 1390. The van der Waals surface area contributed by atoms with Crippen molar-refractivity contribution in [1.29, 1.82) is 5.26 Å². The van der Waals surface area contributed by atoms with Gasteiger partial charge in [0, 0.05) is 18.7 Å².